The van der Waals surface area contributed by atoms with Crippen LogP contribution < -0.4 is 4.90 Å². The van der Waals surface area contributed by atoms with Gasteiger partial charge in [0.05, 0.1) is 23.9 Å². The second-order valence-electron chi connectivity index (χ2n) is 8.07. The van der Waals surface area contributed by atoms with Crippen LogP contribution in [0.1, 0.15) is 35.5 Å². The lowest BCUT2D eigenvalue weighted by atomic mass is 9.96. The van der Waals surface area contributed by atoms with E-state index >= 15 is 0 Å². The van der Waals surface area contributed by atoms with Gasteiger partial charge in [-0.3, -0.25) is 9.59 Å². The van der Waals surface area contributed by atoms with Gasteiger partial charge in [0.2, 0.25) is 6.41 Å². The molecule has 4 rings (SSSR count). The van der Waals surface area contributed by atoms with Crippen molar-refractivity contribution in [3.8, 4) is 0 Å². The van der Waals surface area contributed by atoms with Crippen molar-refractivity contribution in [1.82, 2.24) is 19.5 Å². The minimum absolute atomic E-state index is 0.0367. The molecule has 0 unspecified atom stereocenters. The SMILES string of the molecule is CC(C)(O)c1ccc(C(=O)Cc2cc(N3CCN(C=O)CC3)n3nccc3n2)cc1. The van der Waals surface area contributed by atoms with E-state index < -0.39 is 5.60 Å². The zero-order chi connectivity index (χ0) is 21.3. The molecular weight excluding hydrogens is 382 g/mol. The van der Waals surface area contributed by atoms with Crippen LogP contribution in [0.2, 0.25) is 0 Å². The molecule has 1 N–H and O–H groups in total. The third kappa shape index (κ3) is 4.04. The predicted molar refractivity (Wildman–Crippen MR) is 113 cm³/mol. The zero-order valence-electron chi connectivity index (χ0n) is 17.2. The highest BCUT2D eigenvalue weighted by atomic mass is 16.3. The van der Waals surface area contributed by atoms with E-state index in [1.54, 1.807) is 53.7 Å². The van der Waals surface area contributed by atoms with Gasteiger partial charge in [-0.1, -0.05) is 24.3 Å². The molecule has 0 aliphatic carbocycles. The van der Waals surface area contributed by atoms with E-state index in [4.69, 9.17) is 0 Å². The largest absolute Gasteiger partial charge is 0.386 e. The topological polar surface area (TPSA) is 91.0 Å². The van der Waals surface area contributed by atoms with Gasteiger partial charge < -0.3 is 14.9 Å². The number of piperazine rings is 1. The lowest BCUT2D eigenvalue weighted by Gasteiger charge is -2.34. The highest BCUT2D eigenvalue weighted by Crippen LogP contribution is 2.22. The number of aromatic nitrogens is 3. The molecule has 1 fully saturated rings. The van der Waals surface area contributed by atoms with E-state index in [0.29, 0.717) is 43.1 Å². The molecule has 2 aromatic heterocycles. The first-order valence-electron chi connectivity index (χ1n) is 9.99. The Labute approximate surface area is 174 Å². The number of nitrogens with zero attached hydrogens (tertiary/aromatic N) is 5. The quantitative estimate of drug-likeness (QED) is 0.494. The van der Waals surface area contributed by atoms with E-state index in [-0.39, 0.29) is 12.2 Å². The van der Waals surface area contributed by atoms with E-state index in [1.807, 2.05) is 12.1 Å². The molecule has 0 spiro atoms. The van der Waals surface area contributed by atoms with Crippen LogP contribution in [0.5, 0.6) is 0 Å². The van der Waals surface area contributed by atoms with Gasteiger partial charge in [-0.05, 0) is 19.4 Å². The van der Waals surface area contributed by atoms with Crippen LogP contribution in [0.4, 0.5) is 5.82 Å². The average molecular weight is 407 g/mol. The molecule has 0 bridgehead atoms. The van der Waals surface area contributed by atoms with Gasteiger partial charge >= 0.3 is 0 Å². The number of carbonyl (C=O) groups is 2. The highest BCUT2D eigenvalue weighted by molar-refractivity contribution is 5.97. The first-order chi connectivity index (χ1) is 14.3. The second-order valence-corrected chi connectivity index (χ2v) is 8.07. The number of fused-ring (bicyclic) bond motifs is 1. The Morgan fingerprint density at radius 3 is 2.47 bits per heavy atom. The Kier molecular flexibility index (Phi) is 5.26. The maximum absolute atomic E-state index is 12.8. The van der Waals surface area contributed by atoms with Crippen molar-refractivity contribution in [2.75, 3.05) is 31.1 Å². The fourth-order valence-corrected chi connectivity index (χ4v) is 3.65. The number of hydrogen-bond acceptors (Lipinski definition) is 6. The molecule has 1 aromatic carbocycles. The van der Waals surface area contributed by atoms with Crippen molar-refractivity contribution >= 4 is 23.7 Å². The molecule has 3 aromatic rings. The summed E-state index contributed by atoms with van der Waals surface area (Å²) in [4.78, 5) is 32.3. The Morgan fingerprint density at radius 2 is 1.83 bits per heavy atom. The fraction of sp³-hybridized carbons (Fsp3) is 0.364. The van der Waals surface area contributed by atoms with E-state index in [1.165, 1.54) is 0 Å². The number of rotatable bonds is 6. The Bertz CT molecular complexity index is 1060. The van der Waals surface area contributed by atoms with Gasteiger partial charge in [0.1, 0.15) is 5.82 Å². The maximum atomic E-state index is 12.8. The number of amides is 1. The molecule has 1 saturated heterocycles. The number of benzene rings is 1. The molecule has 8 nitrogen and oxygen atoms in total. The highest BCUT2D eigenvalue weighted by Gasteiger charge is 2.21. The molecular formula is C22H25N5O3. The lowest BCUT2D eigenvalue weighted by Crippen LogP contribution is -2.46. The summed E-state index contributed by atoms with van der Waals surface area (Å²) in [5.74, 6) is 0.834. The number of hydrogen-bond donors (Lipinski definition) is 1. The number of carbonyl (C=O) groups excluding carboxylic acids is 2. The standard InChI is InChI=1S/C22H25N5O3/c1-22(2,30)17-5-3-16(4-6-17)19(29)13-18-14-21(27-20(24-18)7-8-23-27)26-11-9-25(15-28)10-12-26/h3-8,14-15,30H,9-13H2,1-2H3. The van der Waals surface area contributed by atoms with Gasteiger partial charge in [-0.25, -0.2) is 4.98 Å². The molecule has 0 atom stereocenters. The van der Waals surface area contributed by atoms with Gasteiger partial charge in [0.25, 0.3) is 0 Å². The van der Waals surface area contributed by atoms with Crippen molar-refractivity contribution in [2.24, 2.45) is 0 Å². The van der Waals surface area contributed by atoms with Gasteiger partial charge in [-0.15, -0.1) is 0 Å². The zero-order valence-corrected chi connectivity index (χ0v) is 17.2. The van der Waals surface area contributed by atoms with Gasteiger partial charge in [0.15, 0.2) is 11.4 Å². The van der Waals surface area contributed by atoms with Crippen molar-refractivity contribution in [2.45, 2.75) is 25.9 Å². The third-order valence-corrected chi connectivity index (χ3v) is 5.44. The summed E-state index contributed by atoms with van der Waals surface area (Å²) in [7, 11) is 0. The van der Waals surface area contributed by atoms with E-state index in [0.717, 1.165) is 17.8 Å². The molecule has 1 aliphatic heterocycles. The summed E-state index contributed by atoms with van der Waals surface area (Å²) in [6, 6.07) is 10.8. The number of Topliss-reactive ketones (excluding diaryl/α,β-unsaturated/α-hetero) is 1. The van der Waals surface area contributed by atoms with Crippen molar-refractivity contribution in [1.29, 1.82) is 0 Å². The molecule has 0 radical (unpaired) electrons. The number of anilines is 1. The van der Waals surface area contributed by atoms with Crippen LogP contribution in [0.15, 0.2) is 42.6 Å². The third-order valence-electron chi connectivity index (χ3n) is 5.44. The van der Waals surface area contributed by atoms with Crippen LogP contribution in [-0.4, -0.2) is 63.0 Å². The Morgan fingerprint density at radius 1 is 1.13 bits per heavy atom. The van der Waals surface area contributed by atoms with Crippen molar-refractivity contribution in [3.63, 3.8) is 0 Å². The average Bonchev–Trinajstić information content (AvgIpc) is 3.21. The molecule has 156 valence electrons. The van der Waals surface area contributed by atoms with Crippen LogP contribution in [0, 0.1) is 0 Å². The fourth-order valence-electron chi connectivity index (χ4n) is 3.65. The summed E-state index contributed by atoms with van der Waals surface area (Å²) in [5.41, 5.74) is 1.76. The normalized spacial score (nSPS) is 14.9. The molecule has 1 amide bonds. The van der Waals surface area contributed by atoms with Crippen LogP contribution in [0.3, 0.4) is 0 Å². The first-order valence-corrected chi connectivity index (χ1v) is 9.99. The lowest BCUT2D eigenvalue weighted by molar-refractivity contribution is -0.118. The van der Waals surface area contributed by atoms with E-state index in [2.05, 4.69) is 15.0 Å². The summed E-state index contributed by atoms with van der Waals surface area (Å²) in [6.45, 7) is 6.12. The van der Waals surface area contributed by atoms with Crippen LogP contribution in [0.25, 0.3) is 5.65 Å². The van der Waals surface area contributed by atoms with Gasteiger partial charge in [-0.2, -0.15) is 9.61 Å². The number of aliphatic hydroxyl groups is 1. The summed E-state index contributed by atoms with van der Waals surface area (Å²) >= 11 is 0. The Balaban J connectivity index is 1.57. The number of ketones is 1. The molecule has 8 heteroatoms. The smallest absolute Gasteiger partial charge is 0.209 e. The van der Waals surface area contributed by atoms with E-state index in [9.17, 15) is 14.7 Å². The Hall–Kier alpha value is -3.26. The summed E-state index contributed by atoms with van der Waals surface area (Å²) < 4.78 is 1.77. The molecule has 0 saturated carbocycles. The van der Waals surface area contributed by atoms with Crippen molar-refractivity contribution in [3.05, 3.63) is 59.4 Å². The summed E-state index contributed by atoms with van der Waals surface area (Å²) in [5, 5.41) is 14.5. The van der Waals surface area contributed by atoms with Crippen molar-refractivity contribution < 1.29 is 14.7 Å². The van der Waals surface area contributed by atoms with Crippen LogP contribution >= 0.6 is 0 Å². The molecule has 3 heterocycles. The van der Waals surface area contributed by atoms with Gasteiger partial charge in [0, 0.05) is 43.9 Å². The maximum Gasteiger partial charge on any atom is 0.209 e. The van der Waals surface area contributed by atoms with Crippen LogP contribution in [-0.2, 0) is 16.8 Å². The molecule has 1 aliphatic rings. The predicted octanol–water partition coefficient (Wildman–Crippen LogP) is 1.66. The second kappa shape index (κ2) is 7.87. The molecule has 30 heavy (non-hydrogen) atoms. The summed E-state index contributed by atoms with van der Waals surface area (Å²) in [6.07, 6.45) is 2.74. The minimum Gasteiger partial charge on any atom is -0.386 e. The first kappa shape index (κ1) is 20.0. The minimum atomic E-state index is -0.945. The monoisotopic (exact) mass is 407 g/mol.